The van der Waals surface area contributed by atoms with E-state index in [4.69, 9.17) is 4.84 Å². The van der Waals surface area contributed by atoms with Gasteiger partial charge in [-0.15, -0.1) is 11.3 Å². The van der Waals surface area contributed by atoms with Crippen molar-refractivity contribution in [3.8, 4) is 5.75 Å². The minimum atomic E-state index is -3.57. The van der Waals surface area contributed by atoms with Gasteiger partial charge >= 0.3 is 0 Å². The van der Waals surface area contributed by atoms with E-state index in [9.17, 15) is 8.42 Å². The summed E-state index contributed by atoms with van der Waals surface area (Å²) in [4.78, 5) is 7.02. The van der Waals surface area contributed by atoms with Gasteiger partial charge in [0, 0.05) is 0 Å². The van der Waals surface area contributed by atoms with Gasteiger partial charge in [-0.1, -0.05) is 24.3 Å². The molecule has 0 saturated carbocycles. The predicted octanol–water partition coefficient (Wildman–Crippen LogP) is 2.02. The van der Waals surface area contributed by atoms with Crippen LogP contribution in [0, 0.1) is 0 Å². The van der Waals surface area contributed by atoms with E-state index in [-0.39, 0.29) is 4.21 Å². The maximum absolute atomic E-state index is 11.6. The molecule has 0 aliphatic rings. The molecule has 0 bridgehead atoms. The summed E-state index contributed by atoms with van der Waals surface area (Å²) in [7, 11) is -3.57. The van der Waals surface area contributed by atoms with Gasteiger partial charge in [0.05, 0.1) is 0 Å². The summed E-state index contributed by atoms with van der Waals surface area (Å²) in [5.41, 5.74) is 0. The molecule has 6 heteroatoms. The van der Waals surface area contributed by atoms with E-state index in [1.165, 1.54) is 6.07 Å². The first kappa shape index (κ1) is 11.1. The Morgan fingerprint density at radius 1 is 1.06 bits per heavy atom. The van der Waals surface area contributed by atoms with E-state index < -0.39 is 10.0 Å². The van der Waals surface area contributed by atoms with Crippen LogP contribution >= 0.6 is 11.3 Å². The zero-order valence-corrected chi connectivity index (χ0v) is 9.79. The smallest absolute Gasteiger partial charge is 0.280 e. The fourth-order valence-electron chi connectivity index (χ4n) is 1.05. The average molecular weight is 255 g/mol. The zero-order valence-electron chi connectivity index (χ0n) is 8.16. The molecule has 1 heterocycles. The predicted molar refractivity (Wildman–Crippen MR) is 61.7 cm³/mol. The van der Waals surface area contributed by atoms with Gasteiger partial charge in [0.1, 0.15) is 9.96 Å². The number of rotatable bonds is 4. The third-order valence-corrected chi connectivity index (χ3v) is 4.35. The third kappa shape index (κ3) is 2.60. The fourth-order valence-corrected chi connectivity index (χ4v) is 2.82. The van der Waals surface area contributed by atoms with Crippen LogP contribution < -0.4 is 9.72 Å². The number of hydrogen-bond donors (Lipinski definition) is 1. The van der Waals surface area contributed by atoms with E-state index >= 15 is 0 Å². The summed E-state index contributed by atoms with van der Waals surface area (Å²) in [6.45, 7) is 0. The Morgan fingerprint density at radius 2 is 1.81 bits per heavy atom. The van der Waals surface area contributed by atoms with E-state index in [2.05, 4.69) is 4.89 Å². The lowest BCUT2D eigenvalue weighted by Gasteiger charge is -2.05. The van der Waals surface area contributed by atoms with Crippen LogP contribution in [0.2, 0.25) is 0 Å². The molecule has 0 amide bonds. The van der Waals surface area contributed by atoms with Crippen LogP contribution in [0.3, 0.4) is 0 Å². The summed E-state index contributed by atoms with van der Waals surface area (Å²) in [6.07, 6.45) is 0. The van der Waals surface area contributed by atoms with E-state index in [1.54, 1.807) is 35.7 Å². The maximum Gasteiger partial charge on any atom is 0.280 e. The zero-order chi connectivity index (χ0) is 11.4. The monoisotopic (exact) mass is 255 g/mol. The summed E-state index contributed by atoms with van der Waals surface area (Å²) < 4.78 is 23.5. The first-order valence-corrected chi connectivity index (χ1v) is 6.82. The van der Waals surface area contributed by atoms with E-state index in [1.807, 2.05) is 6.07 Å². The second-order valence-electron chi connectivity index (χ2n) is 2.93. The highest BCUT2D eigenvalue weighted by Crippen LogP contribution is 2.16. The Morgan fingerprint density at radius 3 is 2.44 bits per heavy atom. The summed E-state index contributed by atoms with van der Waals surface area (Å²) in [5, 5.41) is 1.69. The summed E-state index contributed by atoms with van der Waals surface area (Å²) in [5.74, 6) is 0.447. The van der Waals surface area contributed by atoms with Crippen molar-refractivity contribution < 1.29 is 13.3 Å². The van der Waals surface area contributed by atoms with Gasteiger partial charge in [0.25, 0.3) is 10.0 Å². The molecule has 0 fully saturated rings. The Labute approximate surface area is 97.5 Å². The van der Waals surface area contributed by atoms with Gasteiger partial charge in [0.15, 0.2) is 0 Å². The maximum atomic E-state index is 11.6. The molecule has 0 aliphatic carbocycles. The topological polar surface area (TPSA) is 55.4 Å². The second kappa shape index (κ2) is 4.65. The molecule has 16 heavy (non-hydrogen) atoms. The van der Waals surface area contributed by atoms with Gasteiger partial charge < -0.3 is 4.84 Å². The van der Waals surface area contributed by atoms with Crippen molar-refractivity contribution in [3.05, 3.63) is 47.8 Å². The molecule has 2 aromatic rings. The normalized spacial score (nSPS) is 11.2. The SMILES string of the molecule is O=S(=O)(NOc1ccccc1)c1cccs1. The largest absolute Gasteiger partial charge is 0.394 e. The lowest BCUT2D eigenvalue weighted by molar-refractivity contribution is 0.269. The van der Waals surface area contributed by atoms with Crippen molar-refractivity contribution in [2.24, 2.45) is 0 Å². The van der Waals surface area contributed by atoms with Gasteiger partial charge in [-0.2, -0.15) is 0 Å². The molecule has 0 spiro atoms. The van der Waals surface area contributed by atoms with Crippen LogP contribution in [-0.2, 0) is 10.0 Å². The minimum Gasteiger partial charge on any atom is -0.394 e. The molecule has 0 unspecified atom stereocenters. The molecule has 1 N–H and O–H groups in total. The molecular weight excluding hydrogens is 246 g/mol. The number of benzene rings is 1. The molecular formula is C10H9NO3S2. The van der Waals surface area contributed by atoms with Crippen molar-refractivity contribution in [2.75, 3.05) is 0 Å². The van der Waals surface area contributed by atoms with E-state index in [0.29, 0.717) is 5.75 Å². The molecule has 4 nitrogen and oxygen atoms in total. The molecule has 0 atom stereocenters. The van der Waals surface area contributed by atoms with Crippen molar-refractivity contribution in [1.82, 2.24) is 4.89 Å². The van der Waals surface area contributed by atoms with Crippen molar-refractivity contribution in [1.29, 1.82) is 0 Å². The number of hydrogen-bond acceptors (Lipinski definition) is 4. The third-order valence-electron chi connectivity index (χ3n) is 1.77. The molecule has 0 aliphatic heterocycles. The lowest BCUT2D eigenvalue weighted by Crippen LogP contribution is -2.26. The van der Waals surface area contributed by atoms with Crippen molar-refractivity contribution in [2.45, 2.75) is 4.21 Å². The molecule has 84 valence electrons. The van der Waals surface area contributed by atoms with Gasteiger partial charge in [-0.05, 0) is 28.5 Å². The highest BCUT2D eigenvalue weighted by molar-refractivity contribution is 7.91. The number of sulfonamides is 1. The molecule has 0 saturated heterocycles. The highest BCUT2D eigenvalue weighted by Gasteiger charge is 2.15. The van der Waals surface area contributed by atoms with Crippen LogP contribution in [0.15, 0.2) is 52.1 Å². The van der Waals surface area contributed by atoms with Gasteiger partial charge in [-0.3, -0.25) is 0 Å². The molecule has 2 rings (SSSR count). The van der Waals surface area contributed by atoms with Gasteiger partial charge in [0.2, 0.25) is 0 Å². The van der Waals surface area contributed by atoms with Crippen molar-refractivity contribution in [3.63, 3.8) is 0 Å². The van der Waals surface area contributed by atoms with Gasteiger partial charge in [-0.25, -0.2) is 8.42 Å². The Kier molecular flexibility index (Phi) is 3.23. The lowest BCUT2D eigenvalue weighted by atomic mass is 10.3. The Balaban J connectivity index is 2.07. The standard InChI is InChI=1S/C10H9NO3S2/c12-16(13,10-7-4-8-15-10)11-14-9-5-2-1-3-6-9/h1-8,11H. The Bertz CT molecular complexity index is 535. The van der Waals surface area contributed by atoms with Crippen LogP contribution in [-0.4, -0.2) is 8.42 Å². The first-order valence-electron chi connectivity index (χ1n) is 4.46. The quantitative estimate of drug-likeness (QED) is 0.850. The van der Waals surface area contributed by atoms with Crippen LogP contribution in [0.5, 0.6) is 5.75 Å². The van der Waals surface area contributed by atoms with Crippen LogP contribution in [0.25, 0.3) is 0 Å². The number of nitrogens with one attached hydrogen (secondary N) is 1. The number of thiophene rings is 1. The van der Waals surface area contributed by atoms with Crippen molar-refractivity contribution >= 4 is 21.4 Å². The van der Waals surface area contributed by atoms with Crippen LogP contribution in [0.4, 0.5) is 0 Å². The first-order chi connectivity index (χ1) is 7.68. The number of para-hydroxylation sites is 1. The van der Waals surface area contributed by atoms with E-state index in [0.717, 1.165) is 11.3 Å². The summed E-state index contributed by atoms with van der Waals surface area (Å²) >= 11 is 1.13. The fraction of sp³-hybridized carbons (Fsp3) is 0. The molecule has 1 aromatic heterocycles. The second-order valence-corrected chi connectivity index (χ2v) is 5.75. The summed E-state index contributed by atoms with van der Waals surface area (Å²) in [6, 6.07) is 11.8. The Hall–Kier alpha value is -1.37. The highest BCUT2D eigenvalue weighted by atomic mass is 32.2. The average Bonchev–Trinajstić information content (AvgIpc) is 2.82. The van der Waals surface area contributed by atoms with Crippen LogP contribution in [0.1, 0.15) is 0 Å². The molecule has 0 radical (unpaired) electrons. The molecule has 1 aromatic carbocycles. The minimum absolute atomic E-state index is 0.225.